The Morgan fingerprint density at radius 1 is 1.13 bits per heavy atom. The molecule has 9 heteroatoms. The summed E-state index contributed by atoms with van der Waals surface area (Å²) in [5.41, 5.74) is 2.40. The molecule has 4 rings (SSSR count). The molecule has 3 heterocycles. The average Bonchev–Trinajstić information content (AvgIpc) is 3.18. The quantitative estimate of drug-likeness (QED) is 0.775. The van der Waals surface area contributed by atoms with Crippen LogP contribution in [-0.2, 0) is 19.4 Å². The Kier molecular flexibility index (Phi) is 6.17. The first kappa shape index (κ1) is 20.6. The molecule has 1 N–H and O–H groups in total. The lowest BCUT2D eigenvalue weighted by molar-refractivity contribution is -0.0512. The zero-order chi connectivity index (χ0) is 21.1. The molecule has 7 nitrogen and oxygen atoms in total. The summed E-state index contributed by atoms with van der Waals surface area (Å²) in [5.74, 6) is 0.970. The van der Waals surface area contributed by atoms with Gasteiger partial charge in [-0.1, -0.05) is 6.07 Å². The number of alkyl halides is 2. The van der Waals surface area contributed by atoms with E-state index in [2.05, 4.69) is 19.5 Å². The molecule has 1 aromatic heterocycles. The number of aromatic nitrogens is 2. The van der Waals surface area contributed by atoms with Crippen molar-refractivity contribution in [3.05, 3.63) is 45.4 Å². The zero-order valence-electron chi connectivity index (χ0n) is 17.0. The van der Waals surface area contributed by atoms with Gasteiger partial charge in [-0.2, -0.15) is 8.78 Å². The van der Waals surface area contributed by atoms with Gasteiger partial charge in [0, 0.05) is 44.7 Å². The Morgan fingerprint density at radius 3 is 2.63 bits per heavy atom. The third kappa shape index (κ3) is 4.56. The number of ether oxygens (including phenoxy) is 2. The molecule has 1 saturated heterocycles. The second-order valence-corrected chi connectivity index (χ2v) is 7.65. The van der Waals surface area contributed by atoms with Crippen LogP contribution in [0.5, 0.6) is 11.5 Å². The van der Waals surface area contributed by atoms with E-state index < -0.39 is 6.61 Å². The maximum atomic E-state index is 12.7. The normalized spacial score (nSPS) is 17.1. The first-order valence-electron chi connectivity index (χ1n) is 10.2. The Labute approximate surface area is 173 Å². The predicted octanol–water partition coefficient (Wildman–Crippen LogP) is 2.58. The molecule has 0 unspecified atom stereocenters. The lowest BCUT2D eigenvalue weighted by Gasteiger charge is -2.20. The standard InChI is InChI=1S/C21H26F2N4O3/c1-29-17-5-4-14(12-18(17)30-20(22)23)13-26-10-6-15-16(7-11-26)24-21(25-19(15)28)27-8-2-3-9-27/h4-5,12,20H,2-3,6-11,13H2,1H3,(H,24,25,28). The average molecular weight is 420 g/mol. The van der Waals surface area contributed by atoms with Crippen LogP contribution in [0.1, 0.15) is 29.7 Å². The number of aromatic amines is 1. The van der Waals surface area contributed by atoms with E-state index in [1.807, 2.05) is 6.07 Å². The van der Waals surface area contributed by atoms with Crippen molar-refractivity contribution in [3.8, 4) is 11.5 Å². The van der Waals surface area contributed by atoms with E-state index in [-0.39, 0.29) is 17.1 Å². The van der Waals surface area contributed by atoms with Crippen LogP contribution in [0.4, 0.5) is 14.7 Å². The van der Waals surface area contributed by atoms with E-state index >= 15 is 0 Å². The van der Waals surface area contributed by atoms with Crippen LogP contribution in [0.2, 0.25) is 0 Å². The van der Waals surface area contributed by atoms with Crippen molar-refractivity contribution in [2.24, 2.45) is 0 Å². The summed E-state index contributed by atoms with van der Waals surface area (Å²) in [6.45, 7) is 0.930. The SMILES string of the molecule is COc1ccc(CN2CCc3nc(N4CCCC4)[nH]c(=O)c3CC2)cc1OC(F)F. The van der Waals surface area contributed by atoms with Gasteiger partial charge >= 0.3 is 6.61 Å². The summed E-state index contributed by atoms with van der Waals surface area (Å²) in [7, 11) is 1.42. The summed E-state index contributed by atoms with van der Waals surface area (Å²) >= 11 is 0. The van der Waals surface area contributed by atoms with Crippen LogP contribution in [0.3, 0.4) is 0 Å². The Bertz CT molecular complexity index is 944. The van der Waals surface area contributed by atoms with Gasteiger partial charge in [0.05, 0.1) is 12.8 Å². The van der Waals surface area contributed by atoms with Crippen molar-refractivity contribution < 1.29 is 18.3 Å². The molecular formula is C21H26F2N4O3. The predicted molar refractivity (Wildman–Crippen MR) is 109 cm³/mol. The molecule has 0 radical (unpaired) electrons. The van der Waals surface area contributed by atoms with Gasteiger partial charge in [0.15, 0.2) is 11.5 Å². The molecule has 0 saturated carbocycles. The topological polar surface area (TPSA) is 70.7 Å². The number of nitrogens with one attached hydrogen (secondary N) is 1. The number of halogens is 2. The number of fused-ring (bicyclic) bond motifs is 1. The van der Waals surface area contributed by atoms with Gasteiger partial charge in [0.25, 0.3) is 5.56 Å². The second-order valence-electron chi connectivity index (χ2n) is 7.65. The Hall–Kier alpha value is -2.68. The van der Waals surface area contributed by atoms with Gasteiger partial charge < -0.3 is 14.4 Å². The van der Waals surface area contributed by atoms with Crippen molar-refractivity contribution in [2.75, 3.05) is 38.2 Å². The van der Waals surface area contributed by atoms with Crippen molar-refractivity contribution in [1.82, 2.24) is 14.9 Å². The van der Waals surface area contributed by atoms with E-state index in [0.717, 1.165) is 49.3 Å². The molecular weight excluding hydrogens is 394 g/mol. The molecule has 2 aromatic rings. The fraction of sp³-hybridized carbons (Fsp3) is 0.524. The van der Waals surface area contributed by atoms with Crippen LogP contribution >= 0.6 is 0 Å². The Morgan fingerprint density at radius 2 is 1.90 bits per heavy atom. The summed E-state index contributed by atoms with van der Waals surface area (Å²) in [4.78, 5) is 24.7. The van der Waals surface area contributed by atoms with Crippen LogP contribution in [-0.4, -0.2) is 54.8 Å². The van der Waals surface area contributed by atoms with Gasteiger partial charge in [-0.25, -0.2) is 4.98 Å². The van der Waals surface area contributed by atoms with Crippen molar-refractivity contribution >= 4 is 5.95 Å². The van der Waals surface area contributed by atoms with E-state index in [1.54, 1.807) is 12.1 Å². The van der Waals surface area contributed by atoms with E-state index in [4.69, 9.17) is 9.72 Å². The molecule has 30 heavy (non-hydrogen) atoms. The summed E-state index contributed by atoms with van der Waals surface area (Å²) in [6, 6.07) is 5.06. The molecule has 0 spiro atoms. The Balaban J connectivity index is 1.48. The molecule has 0 atom stereocenters. The fourth-order valence-electron chi connectivity index (χ4n) is 4.14. The highest BCUT2D eigenvalue weighted by Crippen LogP contribution is 2.30. The minimum Gasteiger partial charge on any atom is -0.493 e. The number of hydrogen-bond acceptors (Lipinski definition) is 6. The minimum absolute atomic E-state index is 0.0245. The van der Waals surface area contributed by atoms with Gasteiger partial charge in [-0.3, -0.25) is 14.7 Å². The first-order chi connectivity index (χ1) is 14.5. The number of methoxy groups -OCH3 is 1. The molecule has 2 aliphatic rings. The fourth-order valence-corrected chi connectivity index (χ4v) is 4.14. The lowest BCUT2D eigenvalue weighted by Crippen LogP contribution is -2.27. The van der Waals surface area contributed by atoms with Gasteiger partial charge in [-0.05, 0) is 37.0 Å². The zero-order valence-corrected chi connectivity index (χ0v) is 17.0. The third-order valence-electron chi connectivity index (χ3n) is 5.69. The molecule has 0 amide bonds. The van der Waals surface area contributed by atoms with Crippen LogP contribution < -0.4 is 19.9 Å². The maximum absolute atomic E-state index is 12.7. The maximum Gasteiger partial charge on any atom is 0.387 e. The second kappa shape index (κ2) is 8.99. The summed E-state index contributed by atoms with van der Waals surface area (Å²) in [5, 5.41) is 0. The number of rotatable bonds is 6. The number of H-pyrrole nitrogens is 1. The van der Waals surface area contributed by atoms with Gasteiger partial charge in [0.1, 0.15) is 0 Å². The highest BCUT2D eigenvalue weighted by Gasteiger charge is 2.22. The van der Waals surface area contributed by atoms with Crippen LogP contribution in [0.15, 0.2) is 23.0 Å². The van der Waals surface area contributed by atoms with Crippen molar-refractivity contribution in [1.29, 1.82) is 0 Å². The number of hydrogen-bond donors (Lipinski definition) is 1. The van der Waals surface area contributed by atoms with Crippen LogP contribution in [0.25, 0.3) is 0 Å². The molecule has 1 aromatic carbocycles. The highest BCUT2D eigenvalue weighted by molar-refractivity contribution is 5.43. The van der Waals surface area contributed by atoms with E-state index in [1.165, 1.54) is 7.11 Å². The molecule has 2 aliphatic heterocycles. The summed E-state index contributed by atoms with van der Waals surface area (Å²) < 4.78 is 35.0. The van der Waals surface area contributed by atoms with Crippen molar-refractivity contribution in [2.45, 2.75) is 38.8 Å². The summed E-state index contributed by atoms with van der Waals surface area (Å²) in [6.07, 6.45) is 3.52. The van der Waals surface area contributed by atoms with E-state index in [0.29, 0.717) is 31.9 Å². The number of benzene rings is 1. The molecule has 0 bridgehead atoms. The van der Waals surface area contributed by atoms with E-state index in [9.17, 15) is 13.6 Å². The molecule has 162 valence electrons. The smallest absolute Gasteiger partial charge is 0.387 e. The molecule has 1 fully saturated rings. The largest absolute Gasteiger partial charge is 0.493 e. The van der Waals surface area contributed by atoms with Gasteiger partial charge in [0.2, 0.25) is 5.95 Å². The third-order valence-corrected chi connectivity index (χ3v) is 5.69. The lowest BCUT2D eigenvalue weighted by atomic mass is 10.1. The van der Waals surface area contributed by atoms with Crippen molar-refractivity contribution in [3.63, 3.8) is 0 Å². The number of anilines is 1. The van der Waals surface area contributed by atoms with Gasteiger partial charge in [-0.15, -0.1) is 0 Å². The molecule has 0 aliphatic carbocycles. The number of nitrogens with zero attached hydrogens (tertiary/aromatic N) is 3. The minimum atomic E-state index is -2.91. The highest BCUT2D eigenvalue weighted by atomic mass is 19.3. The first-order valence-corrected chi connectivity index (χ1v) is 10.2. The van der Waals surface area contributed by atoms with Crippen LogP contribution in [0, 0.1) is 0 Å². The monoisotopic (exact) mass is 420 g/mol.